The standard InChI is InChI=1S/C18H38N2O2/c1-3-5-6-7-8-9-10-11-13-17(21)16-20(4-2)15-12-14-18(19)22/h17,21H,3-16H2,1-2H3,(H2,19,22). The van der Waals surface area contributed by atoms with Gasteiger partial charge in [-0.2, -0.15) is 0 Å². The van der Waals surface area contributed by atoms with Gasteiger partial charge >= 0.3 is 0 Å². The summed E-state index contributed by atoms with van der Waals surface area (Å²) < 4.78 is 0. The van der Waals surface area contributed by atoms with Crippen LogP contribution in [0.2, 0.25) is 0 Å². The minimum atomic E-state index is -0.242. The van der Waals surface area contributed by atoms with E-state index in [9.17, 15) is 9.90 Å². The average molecular weight is 315 g/mol. The molecule has 1 amide bonds. The van der Waals surface area contributed by atoms with Gasteiger partial charge in [0.1, 0.15) is 0 Å². The molecule has 0 aromatic carbocycles. The van der Waals surface area contributed by atoms with Crippen LogP contribution in [0.3, 0.4) is 0 Å². The lowest BCUT2D eigenvalue weighted by Gasteiger charge is -2.23. The Kier molecular flexibility index (Phi) is 14.9. The van der Waals surface area contributed by atoms with Crippen molar-refractivity contribution in [2.75, 3.05) is 19.6 Å². The van der Waals surface area contributed by atoms with E-state index >= 15 is 0 Å². The lowest BCUT2D eigenvalue weighted by atomic mass is 10.1. The first-order valence-corrected chi connectivity index (χ1v) is 9.28. The van der Waals surface area contributed by atoms with E-state index in [-0.39, 0.29) is 12.0 Å². The fraction of sp³-hybridized carbons (Fsp3) is 0.944. The van der Waals surface area contributed by atoms with Crippen LogP contribution in [0.5, 0.6) is 0 Å². The number of carbonyl (C=O) groups is 1. The summed E-state index contributed by atoms with van der Waals surface area (Å²) >= 11 is 0. The zero-order valence-corrected chi connectivity index (χ0v) is 14.9. The number of aliphatic hydroxyl groups excluding tert-OH is 1. The van der Waals surface area contributed by atoms with Crippen LogP contribution in [0.15, 0.2) is 0 Å². The van der Waals surface area contributed by atoms with Gasteiger partial charge in [0, 0.05) is 13.0 Å². The number of primary amides is 1. The molecule has 0 spiro atoms. The summed E-state index contributed by atoms with van der Waals surface area (Å²) in [4.78, 5) is 12.9. The molecule has 0 heterocycles. The second-order valence-corrected chi connectivity index (χ2v) is 6.38. The second kappa shape index (κ2) is 15.3. The fourth-order valence-corrected chi connectivity index (χ4v) is 2.76. The first kappa shape index (κ1) is 21.4. The third-order valence-electron chi connectivity index (χ3n) is 4.20. The van der Waals surface area contributed by atoms with Crippen LogP contribution in [0, 0.1) is 0 Å². The number of nitrogens with two attached hydrogens (primary N) is 1. The van der Waals surface area contributed by atoms with E-state index in [4.69, 9.17) is 5.73 Å². The molecule has 0 aromatic heterocycles. The molecular formula is C18H38N2O2. The maximum absolute atomic E-state index is 10.7. The molecule has 0 fully saturated rings. The number of hydrogen-bond donors (Lipinski definition) is 2. The molecule has 0 aliphatic heterocycles. The lowest BCUT2D eigenvalue weighted by molar-refractivity contribution is -0.118. The van der Waals surface area contributed by atoms with E-state index < -0.39 is 0 Å². The van der Waals surface area contributed by atoms with Gasteiger partial charge < -0.3 is 15.7 Å². The van der Waals surface area contributed by atoms with E-state index in [0.717, 1.165) is 32.4 Å². The predicted molar refractivity (Wildman–Crippen MR) is 93.8 cm³/mol. The topological polar surface area (TPSA) is 66.6 Å². The van der Waals surface area contributed by atoms with Gasteiger partial charge in [0.25, 0.3) is 0 Å². The van der Waals surface area contributed by atoms with Gasteiger partial charge in [-0.1, -0.05) is 65.2 Å². The molecule has 22 heavy (non-hydrogen) atoms. The molecule has 0 aliphatic rings. The first-order chi connectivity index (χ1) is 10.6. The largest absolute Gasteiger partial charge is 0.392 e. The van der Waals surface area contributed by atoms with Gasteiger partial charge in [0.05, 0.1) is 6.10 Å². The minimum Gasteiger partial charge on any atom is -0.392 e. The Morgan fingerprint density at radius 1 is 1.00 bits per heavy atom. The molecule has 4 heteroatoms. The molecule has 0 aromatic rings. The second-order valence-electron chi connectivity index (χ2n) is 6.38. The number of amides is 1. The highest BCUT2D eigenvalue weighted by Crippen LogP contribution is 2.11. The number of likely N-dealkylation sites (N-methyl/N-ethyl adjacent to an activating group) is 1. The van der Waals surface area contributed by atoms with Gasteiger partial charge in [-0.05, 0) is 25.9 Å². The monoisotopic (exact) mass is 314 g/mol. The summed E-state index contributed by atoms with van der Waals surface area (Å²) in [7, 11) is 0. The minimum absolute atomic E-state index is 0.240. The summed E-state index contributed by atoms with van der Waals surface area (Å²) in [5, 5.41) is 10.1. The van der Waals surface area contributed by atoms with Crippen LogP contribution >= 0.6 is 0 Å². The Morgan fingerprint density at radius 3 is 2.14 bits per heavy atom. The maximum atomic E-state index is 10.7. The third-order valence-corrected chi connectivity index (χ3v) is 4.20. The molecule has 0 bridgehead atoms. The van der Waals surface area contributed by atoms with Gasteiger partial charge in [-0.15, -0.1) is 0 Å². The van der Waals surface area contributed by atoms with Crippen molar-refractivity contribution < 1.29 is 9.90 Å². The van der Waals surface area contributed by atoms with Crippen LogP contribution in [0.1, 0.15) is 84.5 Å². The molecule has 0 saturated carbocycles. The van der Waals surface area contributed by atoms with Crippen molar-refractivity contribution >= 4 is 5.91 Å². The number of hydrogen-bond acceptors (Lipinski definition) is 3. The average Bonchev–Trinajstić information content (AvgIpc) is 2.48. The summed E-state index contributed by atoms with van der Waals surface area (Å²) in [6, 6.07) is 0. The molecule has 0 rings (SSSR count). The van der Waals surface area contributed by atoms with Crippen molar-refractivity contribution in [3.05, 3.63) is 0 Å². The quantitative estimate of drug-likeness (QED) is 0.429. The van der Waals surface area contributed by atoms with Crippen LogP contribution in [0.25, 0.3) is 0 Å². The molecular weight excluding hydrogens is 276 g/mol. The van der Waals surface area contributed by atoms with Crippen molar-refractivity contribution in [1.29, 1.82) is 0 Å². The number of nitrogens with zero attached hydrogens (tertiary/aromatic N) is 1. The Labute approximate surface area is 137 Å². The van der Waals surface area contributed by atoms with E-state index in [0.29, 0.717) is 13.0 Å². The summed E-state index contributed by atoms with van der Waals surface area (Å²) in [5.41, 5.74) is 5.15. The highest BCUT2D eigenvalue weighted by atomic mass is 16.3. The zero-order chi connectivity index (χ0) is 16.6. The molecule has 1 atom stereocenters. The van der Waals surface area contributed by atoms with Gasteiger partial charge in [0.15, 0.2) is 0 Å². The first-order valence-electron chi connectivity index (χ1n) is 9.28. The number of unbranched alkanes of at least 4 members (excludes halogenated alkanes) is 7. The summed E-state index contributed by atoms with van der Waals surface area (Å²) in [6.45, 7) is 6.80. The van der Waals surface area contributed by atoms with Crippen molar-refractivity contribution in [3.8, 4) is 0 Å². The van der Waals surface area contributed by atoms with Gasteiger partial charge in [-0.25, -0.2) is 0 Å². The Bertz CT molecular complexity index is 259. The summed E-state index contributed by atoms with van der Waals surface area (Å²) in [5.74, 6) is -0.240. The molecule has 132 valence electrons. The van der Waals surface area contributed by atoms with E-state index in [1.54, 1.807) is 0 Å². The van der Waals surface area contributed by atoms with Crippen LogP contribution in [-0.4, -0.2) is 41.7 Å². The van der Waals surface area contributed by atoms with Crippen molar-refractivity contribution in [2.45, 2.75) is 90.6 Å². The van der Waals surface area contributed by atoms with Crippen molar-refractivity contribution in [3.63, 3.8) is 0 Å². The molecule has 3 N–H and O–H groups in total. The highest BCUT2D eigenvalue weighted by molar-refractivity contribution is 5.73. The maximum Gasteiger partial charge on any atom is 0.217 e. The molecule has 1 unspecified atom stereocenters. The normalized spacial score (nSPS) is 12.7. The van der Waals surface area contributed by atoms with E-state index in [1.807, 2.05) is 0 Å². The number of aliphatic hydroxyl groups is 1. The highest BCUT2D eigenvalue weighted by Gasteiger charge is 2.10. The smallest absolute Gasteiger partial charge is 0.217 e. The zero-order valence-electron chi connectivity index (χ0n) is 14.9. The third kappa shape index (κ3) is 14.3. The van der Waals surface area contributed by atoms with Crippen LogP contribution in [0.4, 0.5) is 0 Å². The van der Waals surface area contributed by atoms with Gasteiger partial charge in [0.2, 0.25) is 5.91 Å². The summed E-state index contributed by atoms with van der Waals surface area (Å²) in [6.07, 6.45) is 12.3. The number of carbonyl (C=O) groups excluding carboxylic acids is 1. The van der Waals surface area contributed by atoms with E-state index in [2.05, 4.69) is 18.7 Å². The molecule has 4 nitrogen and oxygen atoms in total. The van der Waals surface area contributed by atoms with Gasteiger partial charge in [-0.3, -0.25) is 4.79 Å². The predicted octanol–water partition coefficient (Wildman–Crippen LogP) is 3.47. The Balaban J connectivity index is 3.52. The fourth-order valence-electron chi connectivity index (χ4n) is 2.76. The molecule has 0 saturated heterocycles. The van der Waals surface area contributed by atoms with Crippen LogP contribution in [-0.2, 0) is 4.79 Å². The molecule has 0 radical (unpaired) electrons. The Morgan fingerprint density at radius 2 is 1.59 bits per heavy atom. The van der Waals surface area contributed by atoms with E-state index in [1.165, 1.54) is 44.9 Å². The SMILES string of the molecule is CCCCCCCCCCC(O)CN(CC)CCCC(N)=O. The van der Waals surface area contributed by atoms with Crippen molar-refractivity contribution in [1.82, 2.24) is 4.90 Å². The molecule has 0 aliphatic carbocycles. The number of rotatable bonds is 16. The lowest BCUT2D eigenvalue weighted by Crippen LogP contribution is -2.33. The van der Waals surface area contributed by atoms with Crippen molar-refractivity contribution in [2.24, 2.45) is 5.73 Å². The van der Waals surface area contributed by atoms with Crippen LogP contribution < -0.4 is 5.73 Å². The Hall–Kier alpha value is -0.610.